The van der Waals surface area contributed by atoms with E-state index >= 15 is 0 Å². The fraction of sp³-hybridized carbons (Fsp3) is 0.375. The van der Waals surface area contributed by atoms with Gasteiger partial charge in [-0.3, -0.25) is 14.5 Å². The molecule has 0 bridgehead atoms. The van der Waals surface area contributed by atoms with Gasteiger partial charge in [0.1, 0.15) is 0 Å². The molecule has 1 aromatic rings. The van der Waals surface area contributed by atoms with Crippen LogP contribution in [0.4, 0.5) is 4.79 Å². The lowest BCUT2D eigenvalue weighted by atomic mass is 10.2. The van der Waals surface area contributed by atoms with E-state index in [1.165, 1.54) is 12.0 Å². The minimum atomic E-state index is -0.301. The van der Waals surface area contributed by atoms with Gasteiger partial charge in [-0.05, 0) is 65.0 Å². The van der Waals surface area contributed by atoms with Gasteiger partial charge in [0.15, 0.2) is 11.5 Å². The van der Waals surface area contributed by atoms with Crippen molar-refractivity contribution < 1.29 is 23.8 Å². The lowest BCUT2D eigenvalue weighted by Crippen LogP contribution is -2.31. The van der Waals surface area contributed by atoms with Crippen LogP contribution in [0.3, 0.4) is 0 Å². The van der Waals surface area contributed by atoms with Crippen molar-refractivity contribution >= 4 is 51.6 Å². The highest BCUT2D eigenvalue weighted by molar-refractivity contribution is 14.1. The number of rotatable bonds is 7. The predicted octanol–water partition coefficient (Wildman–Crippen LogP) is 3.38. The molecule has 0 unspecified atom stereocenters. The fourth-order valence-electron chi connectivity index (χ4n) is 2.13. The SMILES string of the molecule is CCOc1c(I)cc(/C=C2\SC(=O)N(CCOC)C2=O)cc1OC. The molecule has 1 heterocycles. The molecule has 0 radical (unpaired) electrons. The monoisotopic (exact) mass is 463 g/mol. The molecule has 0 aromatic heterocycles. The van der Waals surface area contributed by atoms with Crippen molar-refractivity contribution in [2.45, 2.75) is 6.92 Å². The van der Waals surface area contributed by atoms with Crippen molar-refractivity contribution in [3.05, 3.63) is 26.2 Å². The standard InChI is InChI=1S/C16H18INO5S/c1-4-23-14-11(17)7-10(8-12(14)22-3)9-13-15(19)18(5-6-21-2)16(20)24-13/h7-9H,4-6H2,1-3H3/b13-9-. The van der Waals surface area contributed by atoms with Gasteiger partial charge < -0.3 is 14.2 Å². The molecule has 1 aliphatic heterocycles. The third-order valence-corrected chi connectivity index (χ3v) is 4.94. The van der Waals surface area contributed by atoms with Gasteiger partial charge in [-0.2, -0.15) is 0 Å². The quantitative estimate of drug-likeness (QED) is 0.457. The van der Waals surface area contributed by atoms with E-state index in [-0.39, 0.29) is 17.7 Å². The largest absolute Gasteiger partial charge is 0.493 e. The molecular formula is C16H18INO5S. The Kier molecular flexibility index (Phi) is 6.93. The third-order valence-electron chi connectivity index (χ3n) is 3.23. The van der Waals surface area contributed by atoms with Crippen LogP contribution in [0.2, 0.25) is 0 Å². The molecule has 2 rings (SSSR count). The van der Waals surface area contributed by atoms with Gasteiger partial charge in [0.25, 0.3) is 11.1 Å². The number of amides is 2. The van der Waals surface area contributed by atoms with Crippen molar-refractivity contribution in [1.29, 1.82) is 0 Å². The average Bonchev–Trinajstić information content (AvgIpc) is 2.81. The lowest BCUT2D eigenvalue weighted by molar-refractivity contribution is -0.123. The summed E-state index contributed by atoms with van der Waals surface area (Å²) >= 11 is 3.09. The van der Waals surface area contributed by atoms with E-state index in [4.69, 9.17) is 14.2 Å². The van der Waals surface area contributed by atoms with E-state index in [2.05, 4.69) is 22.6 Å². The summed E-state index contributed by atoms with van der Waals surface area (Å²) in [4.78, 5) is 25.9. The topological polar surface area (TPSA) is 65.1 Å². The van der Waals surface area contributed by atoms with Gasteiger partial charge in [0, 0.05) is 7.11 Å². The molecule has 1 aromatic carbocycles. The second-order valence-corrected chi connectivity index (χ2v) is 6.95. The van der Waals surface area contributed by atoms with Crippen LogP contribution in [0, 0.1) is 3.57 Å². The Hall–Kier alpha value is -1.26. The maximum atomic E-state index is 12.3. The third kappa shape index (κ3) is 4.22. The number of carbonyl (C=O) groups excluding carboxylic acids is 2. The first-order valence-electron chi connectivity index (χ1n) is 7.26. The highest BCUT2D eigenvalue weighted by atomic mass is 127. The molecule has 1 fully saturated rings. The Bertz CT molecular complexity index is 677. The molecule has 8 heteroatoms. The highest BCUT2D eigenvalue weighted by Crippen LogP contribution is 2.37. The van der Waals surface area contributed by atoms with Gasteiger partial charge >= 0.3 is 0 Å². The smallest absolute Gasteiger partial charge is 0.293 e. The summed E-state index contributed by atoms with van der Waals surface area (Å²) < 4.78 is 16.7. The molecule has 0 atom stereocenters. The maximum Gasteiger partial charge on any atom is 0.293 e. The Morgan fingerprint density at radius 2 is 2.04 bits per heavy atom. The van der Waals surface area contributed by atoms with E-state index in [0.717, 1.165) is 20.9 Å². The van der Waals surface area contributed by atoms with Crippen molar-refractivity contribution in [2.75, 3.05) is 34.0 Å². The molecule has 0 saturated carbocycles. The molecule has 130 valence electrons. The van der Waals surface area contributed by atoms with E-state index < -0.39 is 0 Å². The number of hydrogen-bond donors (Lipinski definition) is 0. The van der Waals surface area contributed by atoms with Gasteiger partial charge in [0.2, 0.25) is 0 Å². The lowest BCUT2D eigenvalue weighted by Gasteiger charge is -2.12. The van der Waals surface area contributed by atoms with Crippen molar-refractivity contribution in [3.63, 3.8) is 0 Å². The molecule has 6 nitrogen and oxygen atoms in total. The molecule has 0 aliphatic carbocycles. The summed E-state index contributed by atoms with van der Waals surface area (Å²) in [5.74, 6) is 0.962. The number of carbonyl (C=O) groups is 2. The van der Waals surface area contributed by atoms with Crippen LogP contribution in [0.5, 0.6) is 11.5 Å². The van der Waals surface area contributed by atoms with Gasteiger partial charge in [-0.1, -0.05) is 0 Å². The summed E-state index contributed by atoms with van der Waals surface area (Å²) in [5, 5.41) is -0.282. The molecule has 24 heavy (non-hydrogen) atoms. The molecule has 0 spiro atoms. The Labute approximate surface area is 158 Å². The van der Waals surface area contributed by atoms with Crippen LogP contribution < -0.4 is 9.47 Å². The number of ether oxygens (including phenoxy) is 3. The molecule has 0 N–H and O–H groups in total. The summed E-state index contributed by atoms with van der Waals surface area (Å²) in [6, 6.07) is 3.67. The number of benzene rings is 1. The van der Waals surface area contributed by atoms with Crippen LogP contribution >= 0.6 is 34.4 Å². The minimum Gasteiger partial charge on any atom is -0.493 e. The van der Waals surface area contributed by atoms with Crippen LogP contribution in [0.25, 0.3) is 6.08 Å². The Balaban J connectivity index is 2.30. The van der Waals surface area contributed by atoms with Gasteiger partial charge in [-0.15, -0.1) is 0 Å². The molecule has 2 amide bonds. The number of imide groups is 1. The van der Waals surface area contributed by atoms with Crippen molar-refractivity contribution in [2.24, 2.45) is 0 Å². The average molecular weight is 463 g/mol. The Morgan fingerprint density at radius 3 is 2.67 bits per heavy atom. The summed E-state index contributed by atoms with van der Waals surface area (Å²) in [7, 11) is 3.10. The number of halogens is 1. The van der Waals surface area contributed by atoms with Crippen molar-refractivity contribution in [1.82, 2.24) is 4.90 Å². The molecule has 1 saturated heterocycles. The Morgan fingerprint density at radius 1 is 1.29 bits per heavy atom. The predicted molar refractivity (Wildman–Crippen MR) is 101 cm³/mol. The van der Waals surface area contributed by atoms with Crippen LogP contribution in [0.1, 0.15) is 12.5 Å². The van der Waals surface area contributed by atoms with Crippen LogP contribution in [-0.4, -0.2) is 50.0 Å². The van der Waals surface area contributed by atoms with Crippen molar-refractivity contribution in [3.8, 4) is 11.5 Å². The first-order chi connectivity index (χ1) is 11.5. The molecular weight excluding hydrogens is 445 g/mol. The highest BCUT2D eigenvalue weighted by Gasteiger charge is 2.34. The zero-order chi connectivity index (χ0) is 17.7. The number of nitrogens with zero attached hydrogens (tertiary/aromatic N) is 1. The number of thioether (sulfide) groups is 1. The number of methoxy groups -OCH3 is 2. The first-order valence-corrected chi connectivity index (χ1v) is 9.16. The zero-order valence-corrected chi connectivity index (χ0v) is 16.6. The van der Waals surface area contributed by atoms with E-state index in [1.807, 2.05) is 13.0 Å². The van der Waals surface area contributed by atoms with Crippen LogP contribution in [0.15, 0.2) is 17.0 Å². The zero-order valence-electron chi connectivity index (χ0n) is 13.6. The second kappa shape index (κ2) is 8.72. The minimum absolute atomic E-state index is 0.253. The second-order valence-electron chi connectivity index (χ2n) is 4.79. The fourth-order valence-corrected chi connectivity index (χ4v) is 3.78. The first kappa shape index (κ1) is 19.1. The van der Waals surface area contributed by atoms with Gasteiger partial charge in [0.05, 0.1) is 35.3 Å². The normalized spacial score (nSPS) is 16.2. The van der Waals surface area contributed by atoms with E-state index in [0.29, 0.717) is 29.6 Å². The van der Waals surface area contributed by atoms with E-state index in [1.54, 1.807) is 19.3 Å². The number of hydrogen-bond acceptors (Lipinski definition) is 6. The summed E-state index contributed by atoms with van der Waals surface area (Å²) in [6.45, 7) is 3.01. The van der Waals surface area contributed by atoms with E-state index in [9.17, 15) is 9.59 Å². The van der Waals surface area contributed by atoms with Gasteiger partial charge in [-0.25, -0.2) is 0 Å². The summed E-state index contributed by atoms with van der Waals surface area (Å²) in [5.41, 5.74) is 0.775. The van der Waals surface area contributed by atoms with Crippen LogP contribution in [-0.2, 0) is 9.53 Å². The summed E-state index contributed by atoms with van der Waals surface area (Å²) in [6.07, 6.45) is 1.69. The molecule has 1 aliphatic rings. The maximum absolute atomic E-state index is 12.3.